The molecule has 1 fully saturated rings. The van der Waals surface area contributed by atoms with Crippen molar-refractivity contribution in [2.75, 3.05) is 6.61 Å². The molecule has 2 aromatic carbocycles. The molecule has 0 aliphatic heterocycles. The summed E-state index contributed by atoms with van der Waals surface area (Å²) < 4.78 is 47.0. The molecule has 0 saturated heterocycles. The third-order valence-corrected chi connectivity index (χ3v) is 7.42. The van der Waals surface area contributed by atoms with Gasteiger partial charge >= 0.3 is 0 Å². The molecule has 1 atom stereocenters. The van der Waals surface area contributed by atoms with Gasteiger partial charge in [0.2, 0.25) is 15.9 Å². The first kappa shape index (κ1) is 24.2. The fourth-order valence-corrected chi connectivity index (χ4v) is 5.42. The number of hydrogen-bond donors (Lipinski definition) is 2. The Kier molecular flexibility index (Phi) is 7.90. The quantitative estimate of drug-likeness (QED) is 0.614. The van der Waals surface area contributed by atoms with Crippen LogP contribution in [0.4, 0.5) is 4.39 Å². The fourth-order valence-electron chi connectivity index (χ4n) is 4.03. The largest absolute Gasteiger partial charge is 0.494 e. The Balaban J connectivity index is 1.53. The number of carbonyl (C=O) groups is 1. The summed E-state index contributed by atoms with van der Waals surface area (Å²) in [4.78, 5) is 12.9. The molecule has 8 heteroatoms. The molecule has 0 bridgehead atoms. The van der Waals surface area contributed by atoms with Gasteiger partial charge in [0.05, 0.1) is 17.5 Å². The number of aryl methyl sites for hydroxylation is 1. The third-order valence-electron chi connectivity index (χ3n) is 5.91. The van der Waals surface area contributed by atoms with Gasteiger partial charge in [-0.1, -0.05) is 12.1 Å². The topological polar surface area (TPSA) is 84.5 Å². The van der Waals surface area contributed by atoms with E-state index in [9.17, 15) is 17.6 Å². The first-order valence-corrected chi connectivity index (χ1v) is 12.5. The van der Waals surface area contributed by atoms with Crippen LogP contribution in [0.25, 0.3) is 0 Å². The Morgan fingerprint density at radius 1 is 1.12 bits per heavy atom. The molecule has 1 saturated carbocycles. The molecule has 1 amide bonds. The minimum atomic E-state index is -3.65. The molecular formula is C24H31FN2O4S. The second kappa shape index (κ2) is 10.4. The molecule has 0 radical (unpaired) electrons. The van der Waals surface area contributed by atoms with E-state index in [0.29, 0.717) is 38.0 Å². The van der Waals surface area contributed by atoms with E-state index in [4.69, 9.17) is 4.74 Å². The van der Waals surface area contributed by atoms with E-state index in [1.807, 2.05) is 20.8 Å². The summed E-state index contributed by atoms with van der Waals surface area (Å²) in [5.41, 5.74) is 1.61. The second-order valence-electron chi connectivity index (χ2n) is 8.31. The number of rotatable bonds is 8. The smallest absolute Gasteiger partial charge is 0.240 e. The highest BCUT2D eigenvalue weighted by Crippen LogP contribution is 2.28. The van der Waals surface area contributed by atoms with Gasteiger partial charge in [-0.25, -0.2) is 17.5 Å². The van der Waals surface area contributed by atoms with Crippen molar-refractivity contribution in [1.29, 1.82) is 0 Å². The molecule has 2 N–H and O–H groups in total. The van der Waals surface area contributed by atoms with Gasteiger partial charge in [-0.2, -0.15) is 0 Å². The molecular weight excluding hydrogens is 431 g/mol. The first-order valence-electron chi connectivity index (χ1n) is 11.0. The average molecular weight is 463 g/mol. The summed E-state index contributed by atoms with van der Waals surface area (Å²) in [6.45, 7) is 6.08. The van der Waals surface area contributed by atoms with Gasteiger partial charge in [0.15, 0.2) is 0 Å². The molecule has 1 aliphatic carbocycles. The molecule has 6 nitrogen and oxygen atoms in total. The van der Waals surface area contributed by atoms with E-state index in [0.717, 1.165) is 11.1 Å². The average Bonchev–Trinajstić information content (AvgIpc) is 2.76. The molecule has 32 heavy (non-hydrogen) atoms. The van der Waals surface area contributed by atoms with E-state index < -0.39 is 10.0 Å². The van der Waals surface area contributed by atoms with Gasteiger partial charge in [-0.15, -0.1) is 0 Å². The van der Waals surface area contributed by atoms with Gasteiger partial charge < -0.3 is 10.1 Å². The molecule has 174 valence electrons. The van der Waals surface area contributed by atoms with Gasteiger partial charge in [0, 0.05) is 12.0 Å². The number of amides is 1. The monoisotopic (exact) mass is 462 g/mol. The molecule has 0 unspecified atom stereocenters. The van der Waals surface area contributed by atoms with Crippen LogP contribution >= 0.6 is 0 Å². The summed E-state index contributed by atoms with van der Waals surface area (Å²) in [6.07, 6.45) is 2.41. The molecule has 2 aromatic rings. The Labute approximate surface area is 189 Å². The molecule has 0 spiro atoms. The number of carbonyl (C=O) groups excluding carboxylic acids is 1. The minimum absolute atomic E-state index is 0.0507. The zero-order valence-electron chi connectivity index (χ0n) is 18.7. The number of nitrogens with one attached hydrogen (secondary N) is 2. The van der Waals surface area contributed by atoms with Crippen molar-refractivity contribution in [1.82, 2.24) is 10.0 Å². The van der Waals surface area contributed by atoms with Crippen molar-refractivity contribution < 1.29 is 22.3 Å². The van der Waals surface area contributed by atoms with Crippen LogP contribution in [-0.4, -0.2) is 27.0 Å². The number of benzene rings is 2. The van der Waals surface area contributed by atoms with E-state index in [1.165, 1.54) is 12.1 Å². The van der Waals surface area contributed by atoms with Crippen LogP contribution in [0.15, 0.2) is 47.4 Å². The van der Waals surface area contributed by atoms with Gasteiger partial charge in [0.1, 0.15) is 11.6 Å². The summed E-state index contributed by atoms with van der Waals surface area (Å²) in [7, 11) is -3.65. The van der Waals surface area contributed by atoms with E-state index >= 15 is 0 Å². The van der Waals surface area contributed by atoms with Crippen molar-refractivity contribution in [3.8, 4) is 5.75 Å². The van der Waals surface area contributed by atoms with Crippen LogP contribution in [0, 0.1) is 18.7 Å². The number of ether oxygens (including phenoxy) is 1. The predicted octanol–water partition coefficient (Wildman–Crippen LogP) is 4.25. The van der Waals surface area contributed by atoms with Crippen LogP contribution in [-0.2, 0) is 14.8 Å². The number of sulfonamides is 1. The van der Waals surface area contributed by atoms with Crippen LogP contribution in [0.2, 0.25) is 0 Å². The third kappa shape index (κ3) is 6.07. The first-order chi connectivity index (χ1) is 15.2. The summed E-state index contributed by atoms with van der Waals surface area (Å²) in [5.74, 6) is 0.151. The van der Waals surface area contributed by atoms with Gasteiger partial charge in [-0.05, 0) is 87.9 Å². The predicted molar refractivity (Wildman–Crippen MR) is 121 cm³/mol. The van der Waals surface area contributed by atoms with E-state index in [2.05, 4.69) is 10.0 Å². The Morgan fingerprint density at radius 2 is 1.78 bits per heavy atom. The van der Waals surface area contributed by atoms with Gasteiger partial charge in [0.25, 0.3) is 0 Å². The summed E-state index contributed by atoms with van der Waals surface area (Å²) in [6, 6.07) is 10.5. The van der Waals surface area contributed by atoms with Crippen LogP contribution in [0.1, 0.15) is 56.7 Å². The maximum absolute atomic E-state index is 13.1. The maximum atomic E-state index is 13.1. The highest BCUT2D eigenvalue weighted by atomic mass is 32.2. The number of hydrogen-bond acceptors (Lipinski definition) is 4. The lowest BCUT2D eigenvalue weighted by Gasteiger charge is -2.29. The second-order valence-corrected chi connectivity index (χ2v) is 10.0. The lowest BCUT2D eigenvalue weighted by atomic mass is 9.85. The number of halogens is 1. The molecule has 0 aromatic heterocycles. The van der Waals surface area contributed by atoms with Crippen LogP contribution in [0.3, 0.4) is 0 Å². The normalized spacial score (nSPS) is 19.9. The maximum Gasteiger partial charge on any atom is 0.240 e. The van der Waals surface area contributed by atoms with Crippen molar-refractivity contribution in [2.45, 2.75) is 63.4 Å². The lowest BCUT2D eigenvalue weighted by Crippen LogP contribution is -2.41. The standard InChI is InChI=1S/C24H31FN2O4S/c1-4-31-23-14-13-22(15-16(23)2)32(29,30)27-21-11-7-19(8-12-21)24(28)26-17(3)18-5-9-20(25)10-6-18/h5-6,9-10,13-15,17,19,21,27H,4,7-8,11-12H2,1-3H3,(H,26,28)/t17-,19-,21-/m1/s1. The zero-order chi connectivity index (χ0) is 23.3. The van der Waals surface area contributed by atoms with Crippen LogP contribution in [0.5, 0.6) is 5.75 Å². The summed E-state index contributed by atoms with van der Waals surface area (Å²) >= 11 is 0. The Hall–Kier alpha value is -2.45. The molecule has 3 rings (SSSR count). The molecule has 0 heterocycles. The lowest BCUT2D eigenvalue weighted by molar-refractivity contribution is -0.126. The van der Waals surface area contributed by atoms with E-state index in [-0.39, 0.29) is 34.6 Å². The van der Waals surface area contributed by atoms with Gasteiger partial charge in [-0.3, -0.25) is 4.79 Å². The highest BCUT2D eigenvalue weighted by Gasteiger charge is 2.30. The summed E-state index contributed by atoms with van der Waals surface area (Å²) in [5, 5.41) is 2.98. The highest BCUT2D eigenvalue weighted by molar-refractivity contribution is 7.89. The van der Waals surface area contributed by atoms with Crippen molar-refractivity contribution >= 4 is 15.9 Å². The van der Waals surface area contributed by atoms with Crippen LogP contribution < -0.4 is 14.8 Å². The Bertz CT molecular complexity index is 1030. The van der Waals surface area contributed by atoms with Crippen molar-refractivity contribution in [3.63, 3.8) is 0 Å². The van der Waals surface area contributed by atoms with E-state index in [1.54, 1.807) is 30.3 Å². The minimum Gasteiger partial charge on any atom is -0.494 e. The SMILES string of the molecule is CCOc1ccc(S(=O)(=O)N[C@H]2CC[C@H](C(=O)N[C@H](C)c3ccc(F)cc3)CC2)cc1C. The molecule has 1 aliphatic rings. The fraction of sp³-hybridized carbons (Fsp3) is 0.458. The van der Waals surface area contributed by atoms with Crippen molar-refractivity contribution in [2.24, 2.45) is 5.92 Å². The zero-order valence-corrected chi connectivity index (χ0v) is 19.5. The Morgan fingerprint density at radius 3 is 2.38 bits per heavy atom. The van der Waals surface area contributed by atoms with Crippen molar-refractivity contribution in [3.05, 3.63) is 59.4 Å².